The smallest absolute Gasteiger partial charge is 0.338 e. The minimum Gasteiger partial charge on any atom is -0.431 e. The number of ether oxygens (including phenoxy) is 1. The van der Waals surface area contributed by atoms with Gasteiger partial charge in [0.25, 0.3) is 0 Å². The molecule has 1 atom stereocenters. The maximum Gasteiger partial charge on any atom is 0.338 e. The molecule has 132 valence electrons. The van der Waals surface area contributed by atoms with Crippen LogP contribution in [0.25, 0.3) is 6.08 Å². The van der Waals surface area contributed by atoms with Gasteiger partial charge in [-0.2, -0.15) is 0 Å². The predicted octanol–water partition coefficient (Wildman–Crippen LogP) is 6.53. The Morgan fingerprint density at radius 1 is 1.08 bits per heavy atom. The summed E-state index contributed by atoms with van der Waals surface area (Å²) >= 11 is 0. The maximum absolute atomic E-state index is 12.1. The monoisotopic (exact) mass is 328 g/mol. The van der Waals surface area contributed by atoms with E-state index in [0.29, 0.717) is 11.5 Å². The van der Waals surface area contributed by atoms with E-state index in [1.54, 1.807) is 6.08 Å². The molecular formula is C22H32O2. The van der Waals surface area contributed by atoms with Gasteiger partial charge < -0.3 is 4.74 Å². The van der Waals surface area contributed by atoms with Crippen molar-refractivity contribution in [1.82, 2.24) is 0 Å². The van der Waals surface area contributed by atoms with Crippen molar-refractivity contribution < 1.29 is 9.53 Å². The highest BCUT2D eigenvalue weighted by molar-refractivity contribution is 5.88. The summed E-state index contributed by atoms with van der Waals surface area (Å²) in [6.07, 6.45) is 14.0. The maximum atomic E-state index is 12.1. The Balaban J connectivity index is 2.40. The van der Waals surface area contributed by atoms with Crippen LogP contribution < -0.4 is 0 Å². The third-order valence-corrected chi connectivity index (χ3v) is 4.25. The van der Waals surface area contributed by atoms with Crippen molar-refractivity contribution in [2.45, 2.75) is 65.7 Å². The molecule has 0 aliphatic rings. The Morgan fingerprint density at radius 3 is 2.46 bits per heavy atom. The second-order valence-electron chi connectivity index (χ2n) is 6.34. The minimum atomic E-state index is -0.258. The third kappa shape index (κ3) is 8.71. The predicted molar refractivity (Wildman–Crippen MR) is 102 cm³/mol. The highest BCUT2D eigenvalue weighted by Crippen LogP contribution is 2.18. The molecule has 1 aromatic rings. The van der Waals surface area contributed by atoms with Gasteiger partial charge in [0.2, 0.25) is 0 Å². The molecule has 2 heteroatoms. The number of rotatable bonds is 11. The third-order valence-electron chi connectivity index (χ3n) is 4.25. The second-order valence-corrected chi connectivity index (χ2v) is 6.34. The molecule has 0 aromatic heterocycles. The quantitative estimate of drug-likeness (QED) is 0.200. The summed E-state index contributed by atoms with van der Waals surface area (Å²) in [5.41, 5.74) is 1.72. The average molecular weight is 328 g/mol. The molecule has 1 aromatic carbocycles. The van der Waals surface area contributed by atoms with Crippen LogP contribution >= 0.6 is 0 Å². The zero-order chi connectivity index (χ0) is 17.6. The highest BCUT2D eigenvalue weighted by Gasteiger charge is 2.09. The van der Waals surface area contributed by atoms with Crippen molar-refractivity contribution >= 4 is 12.0 Å². The Morgan fingerprint density at radius 2 is 1.79 bits per heavy atom. The second kappa shape index (κ2) is 12.6. The standard InChI is InChI=1S/C22H32O2/c1-4-6-7-8-10-13-20(5-2)18-19(3)22(23)24-17-16-21-14-11-9-12-15-21/h9,11-12,14-18,20H,4-8,10,13H2,1-3H3. The van der Waals surface area contributed by atoms with Gasteiger partial charge in [-0.15, -0.1) is 0 Å². The minimum absolute atomic E-state index is 0.258. The fourth-order valence-corrected chi connectivity index (χ4v) is 2.67. The van der Waals surface area contributed by atoms with Crippen LogP contribution in [-0.2, 0) is 9.53 Å². The lowest BCUT2D eigenvalue weighted by Gasteiger charge is -2.11. The average Bonchev–Trinajstić information content (AvgIpc) is 2.61. The SMILES string of the molecule is CCCCCCCC(C=C(C)C(=O)OC=Cc1ccccc1)CC. The Hall–Kier alpha value is -1.83. The molecular weight excluding hydrogens is 296 g/mol. The lowest BCUT2D eigenvalue weighted by atomic mass is 9.96. The van der Waals surface area contributed by atoms with Crippen molar-refractivity contribution in [3.05, 3.63) is 53.8 Å². The van der Waals surface area contributed by atoms with Crippen LogP contribution in [0.1, 0.15) is 71.3 Å². The summed E-state index contributed by atoms with van der Waals surface area (Å²) in [6, 6.07) is 9.82. The Kier molecular flexibility index (Phi) is 10.6. The van der Waals surface area contributed by atoms with Gasteiger partial charge in [0.1, 0.15) is 0 Å². The van der Waals surface area contributed by atoms with Crippen molar-refractivity contribution in [3.63, 3.8) is 0 Å². The number of carbonyl (C=O) groups excluding carboxylic acids is 1. The van der Waals surface area contributed by atoms with Crippen LogP contribution in [0.5, 0.6) is 0 Å². The van der Waals surface area contributed by atoms with E-state index >= 15 is 0 Å². The summed E-state index contributed by atoms with van der Waals surface area (Å²) in [6.45, 7) is 6.26. The van der Waals surface area contributed by atoms with Gasteiger partial charge in [-0.1, -0.05) is 82.4 Å². The van der Waals surface area contributed by atoms with Crippen LogP contribution in [0.4, 0.5) is 0 Å². The van der Waals surface area contributed by atoms with Crippen molar-refractivity contribution in [2.75, 3.05) is 0 Å². The van der Waals surface area contributed by atoms with E-state index in [2.05, 4.69) is 19.9 Å². The van der Waals surface area contributed by atoms with Gasteiger partial charge in [-0.05, 0) is 37.3 Å². The van der Waals surface area contributed by atoms with E-state index in [-0.39, 0.29) is 5.97 Å². The molecule has 0 radical (unpaired) electrons. The van der Waals surface area contributed by atoms with E-state index in [0.717, 1.165) is 18.4 Å². The van der Waals surface area contributed by atoms with Gasteiger partial charge in [-0.25, -0.2) is 4.79 Å². The van der Waals surface area contributed by atoms with Crippen LogP contribution in [0, 0.1) is 5.92 Å². The molecule has 0 amide bonds. The Bertz CT molecular complexity index is 514. The zero-order valence-corrected chi connectivity index (χ0v) is 15.5. The molecule has 0 heterocycles. The van der Waals surface area contributed by atoms with Gasteiger partial charge in [0.05, 0.1) is 6.26 Å². The molecule has 0 saturated carbocycles. The van der Waals surface area contributed by atoms with Crippen molar-refractivity contribution in [1.29, 1.82) is 0 Å². The van der Waals surface area contributed by atoms with Crippen LogP contribution in [0.15, 0.2) is 48.2 Å². The highest BCUT2D eigenvalue weighted by atomic mass is 16.5. The largest absolute Gasteiger partial charge is 0.431 e. The normalized spacial score (nSPS) is 13.2. The molecule has 0 N–H and O–H groups in total. The first-order valence-electron chi connectivity index (χ1n) is 9.28. The van der Waals surface area contributed by atoms with E-state index in [1.807, 2.05) is 37.3 Å². The van der Waals surface area contributed by atoms with Crippen molar-refractivity contribution in [3.8, 4) is 0 Å². The van der Waals surface area contributed by atoms with Crippen LogP contribution in [0.3, 0.4) is 0 Å². The lowest BCUT2D eigenvalue weighted by molar-refractivity contribution is -0.133. The Labute approximate surface area is 147 Å². The molecule has 0 aliphatic carbocycles. The fourth-order valence-electron chi connectivity index (χ4n) is 2.67. The molecule has 0 fully saturated rings. The number of allylic oxidation sites excluding steroid dienone is 1. The number of hydrogen-bond acceptors (Lipinski definition) is 2. The molecule has 2 nitrogen and oxygen atoms in total. The molecule has 24 heavy (non-hydrogen) atoms. The first-order chi connectivity index (χ1) is 11.7. The first kappa shape index (κ1) is 20.2. The van der Waals surface area contributed by atoms with E-state index in [1.165, 1.54) is 38.4 Å². The molecule has 0 aliphatic heterocycles. The first-order valence-corrected chi connectivity index (χ1v) is 9.28. The number of benzene rings is 1. The fraction of sp³-hybridized carbons (Fsp3) is 0.500. The summed E-state index contributed by atoms with van der Waals surface area (Å²) in [5, 5.41) is 0. The van der Waals surface area contributed by atoms with Gasteiger partial charge in [0, 0.05) is 5.57 Å². The zero-order valence-electron chi connectivity index (χ0n) is 15.5. The van der Waals surface area contributed by atoms with Crippen LogP contribution in [-0.4, -0.2) is 5.97 Å². The molecule has 1 unspecified atom stereocenters. The number of hydrogen-bond donors (Lipinski definition) is 0. The summed E-state index contributed by atoms with van der Waals surface area (Å²) in [4.78, 5) is 12.1. The molecule has 1 rings (SSSR count). The number of unbranched alkanes of at least 4 members (excludes halogenated alkanes) is 4. The number of esters is 1. The lowest BCUT2D eigenvalue weighted by Crippen LogP contribution is -2.04. The summed E-state index contributed by atoms with van der Waals surface area (Å²) in [5.74, 6) is 0.212. The topological polar surface area (TPSA) is 26.3 Å². The summed E-state index contributed by atoms with van der Waals surface area (Å²) in [7, 11) is 0. The van der Waals surface area contributed by atoms with Gasteiger partial charge >= 0.3 is 5.97 Å². The van der Waals surface area contributed by atoms with E-state index in [4.69, 9.17) is 4.74 Å². The molecule has 0 spiro atoms. The number of carbonyl (C=O) groups is 1. The van der Waals surface area contributed by atoms with E-state index < -0.39 is 0 Å². The van der Waals surface area contributed by atoms with Gasteiger partial charge in [-0.3, -0.25) is 0 Å². The molecule has 0 saturated heterocycles. The molecule has 0 bridgehead atoms. The van der Waals surface area contributed by atoms with Gasteiger partial charge in [0.15, 0.2) is 0 Å². The van der Waals surface area contributed by atoms with E-state index in [9.17, 15) is 4.79 Å². The van der Waals surface area contributed by atoms with Crippen LogP contribution in [0.2, 0.25) is 0 Å². The summed E-state index contributed by atoms with van der Waals surface area (Å²) < 4.78 is 5.22. The van der Waals surface area contributed by atoms with Crippen molar-refractivity contribution in [2.24, 2.45) is 5.92 Å².